The number of aromatic carboxylic acids is 1. The average Bonchev–Trinajstić information content (AvgIpc) is 3.82. The summed E-state index contributed by atoms with van der Waals surface area (Å²) in [5.41, 5.74) is -0.558. The Labute approximate surface area is 244 Å². The summed E-state index contributed by atoms with van der Waals surface area (Å²) in [5.74, 6) is -2.54. The van der Waals surface area contributed by atoms with Crippen molar-refractivity contribution in [2.24, 2.45) is 0 Å². The predicted octanol–water partition coefficient (Wildman–Crippen LogP) is 6.00. The predicted molar refractivity (Wildman–Crippen MR) is 144 cm³/mol. The van der Waals surface area contributed by atoms with E-state index in [9.17, 15) is 32.3 Å². The fourth-order valence-electron chi connectivity index (χ4n) is 6.48. The molecular weight excluding hydrogens is 580 g/mol. The first-order valence-corrected chi connectivity index (χ1v) is 14.3. The number of amides is 1. The van der Waals surface area contributed by atoms with Gasteiger partial charge in [-0.3, -0.25) is 9.69 Å². The van der Waals surface area contributed by atoms with Gasteiger partial charge in [-0.1, -0.05) is 23.7 Å². The lowest BCUT2D eigenvalue weighted by Crippen LogP contribution is -2.57. The number of fused-ring (bicyclic) bond motifs is 1. The number of halogens is 5. The number of carboxylic acid groups (broad SMARTS) is 1. The van der Waals surface area contributed by atoms with Gasteiger partial charge in [0.15, 0.2) is 12.3 Å². The second kappa shape index (κ2) is 10.8. The molecule has 4 aliphatic rings. The Balaban J connectivity index is 1.10. The van der Waals surface area contributed by atoms with Gasteiger partial charge in [0.2, 0.25) is 0 Å². The normalized spacial score (nSPS) is 24.9. The summed E-state index contributed by atoms with van der Waals surface area (Å²) < 4.78 is 66.3. The van der Waals surface area contributed by atoms with Crippen LogP contribution in [-0.2, 0) is 22.3 Å². The number of likely N-dealkylation sites (tertiary alicyclic amines) is 1. The Hall–Kier alpha value is -3.15. The third kappa shape index (κ3) is 5.38. The van der Waals surface area contributed by atoms with Crippen molar-refractivity contribution in [3.05, 3.63) is 75.1 Å². The van der Waals surface area contributed by atoms with Gasteiger partial charge >= 0.3 is 12.1 Å². The summed E-state index contributed by atoms with van der Waals surface area (Å²) in [6.07, 6.45) is 0.643. The summed E-state index contributed by atoms with van der Waals surface area (Å²) in [7, 11) is 0. The molecule has 2 fully saturated rings. The van der Waals surface area contributed by atoms with E-state index in [4.69, 9.17) is 21.1 Å². The standard InChI is InChI=1S/C30H29ClF4N2O5/c31-21-11-19-14-37(16-41-26(19)24(13-21)30(33,34)35)28(40)29(20-2-3-20)8-5-22(15-42-29)36-9-6-17(7-10-36)18-1-4-25(32)23(12-18)27(38)39/h1-2,4,11-13,17,22H,3,5-10,14-16H2,(H,38,39)/t22-,29+/m1/s1. The maximum Gasteiger partial charge on any atom is 0.420 e. The molecule has 2 aromatic rings. The van der Waals surface area contributed by atoms with Gasteiger partial charge in [-0.2, -0.15) is 13.2 Å². The van der Waals surface area contributed by atoms with E-state index in [0.717, 1.165) is 43.1 Å². The van der Waals surface area contributed by atoms with Crippen LogP contribution < -0.4 is 4.74 Å². The summed E-state index contributed by atoms with van der Waals surface area (Å²) in [6, 6.07) is 6.58. The number of alkyl halides is 3. The molecule has 2 atom stereocenters. The molecule has 1 aliphatic carbocycles. The highest BCUT2D eigenvalue weighted by Gasteiger charge is 2.52. The highest BCUT2D eigenvalue weighted by Crippen LogP contribution is 2.46. The molecule has 0 bridgehead atoms. The summed E-state index contributed by atoms with van der Waals surface area (Å²) in [4.78, 5) is 28.9. The maximum atomic E-state index is 13.9. The van der Waals surface area contributed by atoms with Crippen LogP contribution in [0.3, 0.4) is 0 Å². The van der Waals surface area contributed by atoms with E-state index >= 15 is 0 Å². The molecule has 12 heteroatoms. The van der Waals surface area contributed by atoms with E-state index in [1.807, 2.05) is 6.08 Å². The third-order valence-corrected chi connectivity index (χ3v) is 9.03. The minimum atomic E-state index is -4.64. The number of carbonyl (C=O) groups is 2. The van der Waals surface area contributed by atoms with E-state index in [1.165, 1.54) is 23.1 Å². The van der Waals surface area contributed by atoms with Gasteiger partial charge in [0.05, 0.1) is 24.3 Å². The van der Waals surface area contributed by atoms with Crippen LogP contribution in [0.25, 0.3) is 0 Å². The third-order valence-electron chi connectivity index (χ3n) is 8.81. The zero-order valence-electron chi connectivity index (χ0n) is 22.6. The number of carbonyl (C=O) groups excluding carboxylic acids is 1. The topological polar surface area (TPSA) is 79.3 Å². The lowest BCUT2D eigenvalue weighted by atomic mass is 9.85. The van der Waals surface area contributed by atoms with Crippen LogP contribution in [0.4, 0.5) is 17.6 Å². The first-order valence-electron chi connectivity index (χ1n) is 13.9. The second-order valence-corrected chi connectivity index (χ2v) is 11.8. The number of ether oxygens (including phenoxy) is 2. The van der Waals surface area contributed by atoms with Crippen molar-refractivity contribution in [2.45, 2.75) is 62.4 Å². The number of rotatable bonds is 5. The quantitative estimate of drug-likeness (QED) is 0.331. The van der Waals surface area contributed by atoms with E-state index in [-0.39, 0.29) is 53.0 Å². The fraction of sp³-hybridized carbons (Fsp3) is 0.467. The zero-order chi connectivity index (χ0) is 29.8. The van der Waals surface area contributed by atoms with Crippen molar-refractivity contribution in [2.75, 3.05) is 26.4 Å². The molecule has 0 saturated carbocycles. The molecule has 2 saturated heterocycles. The molecule has 0 spiro atoms. The molecule has 0 radical (unpaired) electrons. The van der Waals surface area contributed by atoms with Crippen molar-refractivity contribution in [1.82, 2.24) is 9.80 Å². The second-order valence-electron chi connectivity index (χ2n) is 11.3. The molecule has 0 unspecified atom stereocenters. The zero-order valence-corrected chi connectivity index (χ0v) is 23.3. The molecule has 1 N–H and O–H groups in total. The molecule has 6 rings (SSSR count). The number of hydrogen-bond acceptors (Lipinski definition) is 5. The van der Waals surface area contributed by atoms with Crippen molar-refractivity contribution in [3.8, 4) is 5.75 Å². The van der Waals surface area contributed by atoms with Crippen LogP contribution in [0.5, 0.6) is 5.75 Å². The summed E-state index contributed by atoms with van der Waals surface area (Å²) in [5, 5.41) is 9.17. The molecular formula is C30H29ClF4N2O5. The van der Waals surface area contributed by atoms with Gasteiger partial charge in [0.1, 0.15) is 11.6 Å². The van der Waals surface area contributed by atoms with E-state index in [0.29, 0.717) is 25.9 Å². The number of hydrogen-bond donors (Lipinski definition) is 1. The monoisotopic (exact) mass is 608 g/mol. The Morgan fingerprint density at radius 1 is 1.10 bits per heavy atom. The molecule has 3 heterocycles. The molecule has 0 aromatic heterocycles. The van der Waals surface area contributed by atoms with Crippen LogP contribution in [0.1, 0.15) is 65.1 Å². The highest BCUT2D eigenvalue weighted by molar-refractivity contribution is 6.30. The van der Waals surface area contributed by atoms with E-state index < -0.39 is 29.1 Å². The highest BCUT2D eigenvalue weighted by atomic mass is 35.5. The van der Waals surface area contributed by atoms with Crippen LogP contribution in [-0.4, -0.2) is 64.9 Å². The molecule has 42 heavy (non-hydrogen) atoms. The largest absolute Gasteiger partial charge is 0.478 e. The first-order chi connectivity index (χ1) is 20.0. The molecule has 7 nitrogen and oxygen atoms in total. The Bertz CT molecular complexity index is 1450. The van der Waals surface area contributed by atoms with Crippen molar-refractivity contribution in [1.29, 1.82) is 0 Å². The first kappa shape index (κ1) is 28.9. The number of nitrogens with zero attached hydrogens (tertiary/aromatic N) is 2. The SMILES string of the molecule is O=C(O)c1cc(C2CCN([C@@H]3CC[C@@](C(=O)N4COc5c(cc(Cl)cc5C(F)(F)F)C4)(C4=CC4)OC3)CC2)ccc1F. The Morgan fingerprint density at radius 2 is 1.83 bits per heavy atom. The molecule has 3 aliphatic heterocycles. The van der Waals surface area contributed by atoms with Gasteiger partial charge in [0, 0.05) is 16.6 Å². The van der Waals surface area contributed by atoms with Crippen molar-refractivity contribution < 1.29 is 41.7 Å². The minimum absolute atomic E-state index is 0.0693. The van der Waals surface area contributed by atoms with E-state index in [1.54, 1.807) is 6.07 Å². The minimum Gasteiger partial charge on any atom is -0.478 e. The van der Waals surface area contributed by atoms with Gasteiger partial charge < -0.3 is 19.5 Å². The number of piperidine rings is 1. The lowest BCUT2D eigenvalue weighted by molar-refractivity contribution is -0.168. The summed E-state index contributed by atoms with van der Waals surface area (Å²) >= 11 is 5.97. The van der Waals surface area contributed by atoms with Crippen LogP contribution in [0.15, 0.2) is 42.0 Å². The van der Waals surface area contributed by atoms with Crippen LogP contribution in [0.2, 0.25) is 5.02 Å². The molecule has 1 amide bonds. The Kier molecular flexibility index (Phi) is 7.47. The lowest BCUT2D eigenvalue weighted by Gasteiger charge is -2.46. The fourth-order valence-corrected chi connectivity index (χ4v) is 6.72. The van der Waals surface area contributed by atoms with Crippen LogP contribution >= 0.6 is 11.6 Å². The van der Waals surface area contributed by atoms with Crippen LogP contribution in [0, 0.1) is 5.82 Å². The Morgan fingerprint density at radius 3 is 2.45 bits per heavy atom. The number of allylic oxidation sites excluding steroid dienone is 1. The van der Waals surface area contributed by atoms with Gasteiger partial charge in [-0.15, -0.1) is 0 Å². The van der Waals surface area contributed by atoms with E-state index in [2.05, 4.69) is 4.90 Å². The van der Waals surface area contributed by atoms with Gasteiger partial charge in [-0.05, 0) is 86.5 Å². The van der Waals surface area contributed by atoms with Crippen molar-refractivity contribution in [3.63, 3.8) is 0 Å². The molecule has 2 aromatic carbocycles. The van der Waals surface area contributed by atoms with Gasteiger partial charge in [-0.25, -0.2) is 9.18 Å². The van der Waals surface area contributed by atoms with Crippen molar-refractivity contribution >= 4 is 23.5 Å². The average molecular weight is 609 g/mol. The molecule has 224 valence electrons. The number of carboxylic acids is 1. The number of benzene rings is 2. The summed E-state index contributed by atoms with van der Waals surface area (Å²) in [6.45, 7) is 1.43. The smallest absolute Gasteiger partial charge is 0.420 e. The van der Waals surface area contributed by atoms with Gasteiger partial charge in [0.25, 0.3) is 5.91 Å². The maximum absolute atomic E-state index is 13.9.